The molecule has 0 atom stereocenters. The van der Waals surface area contributed by atoms with Gasteiger partial charge in [-0.2, -0.15) is 0 Å². The van der Waals surface area contributed by atoms with E-state index in [2.05, 4.69) is 0 Å². The zero-order chi connectivity index (χ0) is 15.7. The maximum Gasteiger partial charge on any atom is 0.525 e. The van der Waals surface area contributed by atoms with Crippen molar-refractivity contribution in [1.29, 1.82) is 0 Å². The van der Waals surface area contributed by atoms with Gasteiger partial charge < -0.3 is 18.5 Å². The normalized spacial score (nSPS) is 21.5. The minimum absolute atomic E-state index is 0.389. The van der Waals surface area contributed by atoms with Crippen molar-refractivity contribution in [2.45, 2.75) is 45.3 Å². The first kappa shape index (κ1) is 16.3. The van der Waals surface area contributed by atoms with Crippen LogP contribution in [0.3, 0.4) is 0 Å². The quantitative estimate of drug-likeness (QED) is 0.778. The Kier molecular flexibility index (Phi) is 4.61. The second-order valence-electron chi connectivity index (χ2n) is 6.13. The highest BCUT2D eigenvalue weighted by Crippen LogP contribution is 2.40. The summed E-state index contributed by atoms with van der Waals surface area (Å²) in [5.41, 5.74) is -1.20. The summed E-state index contributed by atoms with van der Waals surface area (Å²) in [7, 11) is 0.555. The molecule has 2 rings (SSSR count). The van der Waals surface area contributed by atoms with Crippen molar-refractivity contribution in [3.63, 3.8) is 0 Å². The van der Waals surface area contributed by atoms with Gasteiger partial charge in [0.15, 0.2) is 0 Å². The van der Waals surface area contributed by atoms with Gasteiger partial charge in [0.2, 0.25) is 0 Å². The van der Waals surface area contributed by atoms with Crippen molar-refractivity contribution in [1.82, 2.24) is 0 Å². The number of rotatable bonds is 5. The number of methoxy groups -OCH3 is 1. The maximum absolute atomic E-state index is 14.9. The lowest BCUT2D eigenvalue weighted by atomic mass is 9.83. The van der Waals surface area contributed by atoms with E-state index >= 15 is 0 Å². The Morgan fingerprint density at radius 1 is 1.24 bits per heavy atom. The topological polar surface area (TPSA) is 40.8 Å². The molecule has 1 fully saturated rings. The average molecular weight is 296 g/mol. The first-order valence-electron chi connectivity index (χ1n) is 7.05. The van der Waals surface area contributed by atoms with E-state index in [4.69, 9.17) is 18.5 Å². The summed E-state index contributed by atoms with van der Waals surface area (Å²) < 4.78 is 36.7. The third-order valence-electron chi connectivity index (χ3n) is 4.12. The second kappa shape index (κ2) is 5.95. The van der Waals surface area contributed by atoms with Gasteiger partial charge in [-0.15, -0.1) is 0 Å². The predicted octanol–water partition coefficient (Wildman–Crippen LogP) is 3.63. The molecule has 6 heteroatoms. The molecule has 1 aliphatic heterocycles. The molecule has 21 heavy (non-hydrogen) atoms. The molecule has 0 N–H and O–H groups in total. The van der Waals surface area contributed by atoms with Crippen LogP contribution in [0.4, 0.5) is 4.39 Å². The summed E-state index contributed by atoms with van der Waals surface area (Å²) in [6.07, 6.45) is 1.90. The molecular weight excluding hydrogens is 274 g/mol. The molecule has 1 saturated heterocycles. The summed E-state index contributed by atoms with van der Waals surface area (Å²) in [6.45, 7) is 7.96. The van der Waals surface area contributed by atoms with Crippen LogP contribution in [0.25, 0.3) is 5.57 Å². The van der Waals surface area contributed by atoms with Gasteiger partial charge in [0.1, 0.15) is 11.5 Å². The van der Waals surface area contributed by atoms with Crippen molar-refractivity contribution in [3.8, 4) is 0 Å². The van der Waals surface area contributed by atoms with E-state index in [-0.39, 0.29) is 0 Å². The molecule has 0 radical (unpaired) electrons. The first-order valence-corrected chi connectivity index (χ1v) is 7.05. The van der Waals surface area contributed by atoms with Crippen molar-refractivity contribution in [2.24, 2.45) is 0 Å². The van der Waals surface area contributed by atoms with Gasteiger partial charge >= 0.3 is 7.12 Å². The number of halogens is 1. The number of hydrogen-bond donors (Lipinski definition) is 0. The molecule has 0 aliphatic carbocycles. The van der Waals surface area contributed by atoms with Crippen LogP contribution < -0.4 is 0 Å². The zero-order valence-electron chi connectivity index (χ0n) is 13.2. The van der Waals surface area contributed by atoms with E-state index in [9.17, 15) is 4.39 Å². The third kappa shape index (κ3) is 3.22. The fourth-order valence-corrected chi connectivity index (χ4v) is 2.10. The third-order valence-corrected chi connectivity index (χ3v) is 4.12. The van der Waals surface area contributed by atoms with E-state index in [0.717, 1.165) is 0 Å². The number of hydrogen-bond acceptors (Lipinski definition) is 4. The molecule has 0 unspecified atom stereocenters. The van der Waals surface area contributed by atoms with Gasteiger partial charge in [-0.25, -0.2) is 4.39 Å². The molecule has 1 aromatic heterocycles. The van der Waals surface area contributed by atoms with Crippen LogP contribution in [0, 0.1) is 0 Å². The summed E-state index contributed by atoms with van der Waals surface area (Å²) in [4.78, 5) is 0. The highest BCUT2D eigenvalue weighted by atomic mass is 19.1. The molecule has 0 aromatic carbocycles. The van der Waals surface area contributed by atoms with Crippen molar-refractivity contribution in [2.75, 3.05) is 13.7 Å². The lowest BCUT2D eigenvalue weighted by Gasteiger charge is -2.32. The van der Waals surface area contributed by atoms with Crippen molar-refractivity contribution < 1.29 is 22.9 Å². The van der Waals surface area contributed by atoms with Crippen molar-refractivity contribution in [3.05, 3.63) is 29.9 Å². The molecule has 1 aromatic rings. The Morgan fingerprint density at radius 2 is 1.86 bits per heavy atom. The van der Waals surface area contributed by atoms with Gasteiger partial charge in [0, 0.05) is 19.1 Å². The summed E-state index contributed by atoms with van der Waals surface area (Å²) >= 11 is 0. The van der Waals surface area contributed by atoms with E-state index in [1.165, 1.54) is 6.26 Å². The largest absolute Gasteiger partial charge is 0.525 e. The Balaban J connectivity index is 2.30. The van der Waals surface area contributed by atoms with E-state index in [1.54, 1.807) is 19.2 Å². The van der Waals surface area contributed by atoms with Gasteiger partial charge in [0.05, 0.1) is 24.1 Å². The first-order chi connectivity index (χ1) is 9.78. The lowest BCUT2D eigenvalue weighted by molar-refractivity contribution is 0.00578. The molecular formula is C15H22BFO4. The number of furan rings is 1. The predicted molar refractivity (Wildman–Crippen MR) is 79.3 cm³/mol. The molecule has 4 nitrogen and oxygen atoms in total. The van der Waals surface area contributed by atoms with E-state index in [1.807, 2.05) is 27.7 Å². The maximum atomic E-state index is 14.9. The van der Waals surface area contributed by atoms with Crippen LogP contribution in [0.15, 0.2) is 28.5 Å². The summed E-state index contributed by atoms with van der Waals surface area (Å²) in [5, 5.41) is 0. The minimum atomic E-state index is -1.02. The van der Waals surface area contributed by atoms with Crippen LogP contribution >= 0.6 is 0 Å². The molecule has 1 aliphatic rings. The molecule has 0 spiro atoms. The SMILES string of the molecule is COCCC(=C(F)B1OC(C)(C)C(C)(C)O1)c1ccco1. The monoisotopic (exact) mass is 296 g/mol. The highest BCUT2D eigenvalue weighted by molar-refractivity contribution is 6.55. The van der Waals surface area contributed by atoms with Crippen molar-refractivity contribution >= 4 is 12.7 Å². The summed E-state index contributed by atoms with van der Waals surface area (Å²) in [6, 6.07) is 3.44. The Morgan fingerprint density at radius 3 is 2.33 bits per heavy atom. The van der Waals surface area contributed by atoms with E-state index in [0.29, 0.717) is 24.4 Å². The standard InChI is InChI=1S/C15H22BFO4/c1-14(2)15(3,4)21-16(20-14)13(17)11(8-10-18-5)12-7-6-9-19-12/h6-7,9H,8,10H2,1-5H3. The fraction of sp³-hybridized carbons (Fsp3) is 0.600. The lowest BCUT2D eigenvalue weighted by Crippen LogP contribution is -2.41. The molecule has 0 saturated carbocycles. The van der Waals surface area contributed by atoms with Gasteiger partial charge in [-0.1, -0.05) is 0 Å². The van der Waals surface area contributed by atoms with Crippen LogP contribution in [-0.4, -0.2) is 32.0 Å². The van der Waals surface area contributed by atoms with E-state index < -0.39 is 24.0 Å². The van der Waals surface area contributed by atoms with Crippen LogP contribution in [-0.2, 0) is 14.0 Å². The van der Waals surface area contributed by atoms with Gasteiger partial charge in [0.25, 0.3) is 0 Å². The van der Waals surface area contributed by atoms with Crippen LogP contribution in [0.5, 0.6) is 0 Å². The van der Waals surface area contributed by atoms with Gasteiger partial charge in [-0.05, 0) is 39.8 Å². The minimum Gasteiger partial charge on any atom is -0.465 e. The number of ether oxygens (including phenoxy) is 1. The smallest absolute Gasteiger partial charge is 0.465 e. The fourth-order valence-electron chi connectivity index (χ4n) is 2.10. The Labute approximate surface area is 125 Å². The Hall–Kier alpha value is -1.11. The molecule has 116 valence electrons. The zero-order valence-corrected chi connectivity index (χ0v) is 13.2. The molecule has 0 bridgehead atoms. The van der Waals surface area contributed by atoms with Crippen LogP contribution in [0.2, 0.25) is 0 Å². The summed E-state index contributed by atoms with van der Waals surface area (Å²) in [5.74, 6) is 0.472. The average Bonchev–Trinajstić information content (AvgIpc) is 2.97. The van der Waals surface area contributed by atoms with Crippen LogP contribution in [0.1, 0.15) is 39.9 Å². The van der Waals surface area contributed by atoms with Gasteiger partial charge in [-0.3, -0.25) is 0 Å². The second-order valence-corrected chi connectivity index (χ2v) is 6.13. The Bertz CT molecular complexity index is 492. The molecule has 2 heterocycles. The highest BCUT2D eigenvalue weighted by Gasteiger charge is 2.53. The molecule has 0 amide bonds.